The van der Waals surface area contributed by atoms with Crippen molar-refractivity contribution >= 4 is 10.4 Å². The van der Waals surface area contributed by atoms with Crippen LogP contribution in [0.15, 0.2) is 0 Å². The number of rotatable bonds is 0. The summed E-state index contributed by atoms with van der Waals surface area (Å²) in [6, 6.07) is 0. The van der Waals surface area contributed by atoms with Crippen LogP contribution in [0.2, 0.25) is 0 Å². The Morgan fingerprint density at radius 2 is 1.12 bits per heavy atom. The molecule has 0 saturated heterocycles. The zero-order chi connectivity index (χ0) is 4.50. The third kappa shape index (κ3) is 163. The van der Waals surface area contributed by atoms with E-state index in [1.165, 1.54) is 0 Å². The zero-order valence-electron chi connectivity index (χ0n) is 3.84. The first kappa shape index (κ1) is 22.8. The van der Waals surface area contributed by atoms with Crippen molar-refractivity contribution in [2.45, 2.75) is 0 Å². The Kier molecular flexibility index (Phi) is 23.8. The van der Waals surface area contributed by atoms with E-state index in [1.54, 1.807) is 0 Å². The van der Waals surface area contributed by atoms with Gasteiger partial charge in [0, 0.05) is 10.4 Å². The van der Waals surface area contributed by atoms with Crippen LogP contribution in [0.1, 0.15) is 0 Å². The average molecular weight is 192 g/mol. The van der Waals surface area contributed by atoms with Crippen molar-refractivity contribution in [3.8, 4) is 0 Å². The summed E-state index contributed by atoms with van der Waals surface area (Å²) in [6.45, 7) is 0. The second-order valence-electron chi connectivity index (χ2n) is 0.408. The normalized spacial score (nSPS) is 7.25. The van der Waals surface area contributed by atoms with Gasteiger partial charge in [-0.15, -0.1) is 0 Å². The maximum Gasteiger partial charge on any atom is 2.00 e. The van der Waals surface area contributed by atoms with Gasteiger partial charge in [0.25, 0.3) is 0 Å². The quantitative estimate of drug-likeness (QED) is 0.218. The van der Waals surface area contributed by atoms with Gasteiger partial charge in [0.2, 0.25) is 0 Å². The van der Waals surface area contributed by atoms with Gasteiger partial charge in [-0.1, -0.05) is 0 Å². The maximum atomic E-state index is 8.52. The molecule has 0 radical (unpaired) electrons. The first-order valence-electron chi connectivity index (χ1n) is 0.667. The van der Waals surface area contributed by atoms with Crippen LogP contribution in [0.5, 0.6) is 0 Å². The molecule has 5 nitrogen and oxygen atoms in total. The Balaban J connectivity index is -0.0000000267. The molecule has 46 valence electrons. The third-order valence-corrected chi connectivity index (χ3v) is 0. The van der Waals surface area contributed by atoms with Gasteiger partial charge >= 0.3 is 46.6 Å². The summed E-state index contributed by atoms with van der Waals surface area (Å²) in [5, 5.41) is 0. The summed E-state index contributed by atoms with van der Waals surface area (Å²) in [5.41, 5.74) is 0. The molecule has 0 aromatic carbocycles. The van der Waals surface area contributed by atoms with Crippen LogP contribution in [0.3, 0.4) is 0 Å². The molecular weight excluding hydrogens is 191 g/mol. The van der Waals surface area contributed by atoms with Crippen molar-refractivity contribution in [2.24, 2.45) is 0 Å². The van der Waals surface area contributed by atoms with E-state index >= 15 is 0 Å². The minimum Gasteiger partial charge on any atom is -0.870 e. The van der Waals surface area contributed by atoms with Gasteiger partial charge in [0.15, 0.2) is 0 Å². The molecule has 0 rings (SSSR count). The predicted molar refractivity (Wildman–Crippen MR) is 12.4 cm³/mol. The van der Waals surface area contributed by atoms with Gasteiger partial charge in [0.05, 0.1) is 0 Å². The van der Waals surface area contributed by atoms with Crippen LogP contribution >= 0.6 is 0 Å². The van der Waals surface area contributed by atoms with E-state index in [0.717, 1.165) is 0 Å². The van der Waals surface area contributed by atoms with Crippen molar-refractivity contribution in [3.63, 3.8) is 0 Å². The van der Waals surface area contributed by atoms with Crippen LogP contribution in [0.25, 0.3) is 0 Å². The zero-order valence-corrected chi connectivity index (χ0v) is 7.76. The first-order valence-corrected chi connectivity index (χ1v) is 2.00. The Morgan fingerprint density at radius 3 is 1.12 bits per heavy atom. The molecule has 0 atom stereocenters. The van der Waals surface area contributed by atoms with E-state index in [9.17, 15) is 0 Å². The molecule has 0 aliphatic rings. The van der Waals surface area contributed by atoms with Gasteiger partial charge in [-0.3, -0.25) is 8.42 Å². The van der Waals surface area contributed by atoms with Crippen LogP contribution in [0, 0.1) is 0 Å². The van der Waals surface area contributed by atoms with Crippen LogP contribution in [-0.2, 0) is 27.5 Å². The Bertz CT molecular complexity index is 95.6. The topological polar surface area (TPSA) is 110 Å². The molecule has 0 aromatic heterocycles. The number of hydrogen-bond donors (Lipinski definition) is 0. The molecule has 0 heterocycles. The molecule has 0 amide bonds. The number of hydrogen-bond acceptors (Lipinski definition) is 5. The van der Waals surface area contributed by atoms with Crippen LogP contribution in [-0.4, -0.2) is 23.0 Å². The van der Waals surface area contributed by atoms with Crippen molar-refractivity contribution < 1.29 is 69.6 Å². The molecule has 1 N–H and O–H groups in total. The van der Waals surface area contributed by atoms with E-state index in [0.29, 0.717) is 0 Å². The van der Waals surface area contributed by atoms with Crippen molar-refractivity contribution in [3.05, 3.63) is 0 Å². The van der Waals surface area contributed by atoms with Crippen LogP contribution in [0.4, 0.5) is 0 Å². The molecule has 8 heavy (non-hydrogen) atoms. The summed E-state index contributed by atoms with van der Waals surface area (Å²) in [5.74, 6) is 0. The molecule has 0 fully saturated rings. The fourth-order valence-corrected chi connectivity index (χ4v) is 0. The molecule has 0 unspecified atom stereocenters. The molecule has 0 aromatic rings. The Morgan fingerprint density at radius 1 is 1.12 bits per heavy atom. The van der Waals surface area contributed by atoms with Gasteiger partial charge < -0.3 is 14.6 Å². The molecule has 0 bridgehead atoms. The average Bonchev–Trinajstić information content (AvgIpc) is 0.722. The van der Waals surface area contributed by atoms with Gasteiger partial charge in [-0.2, -0.15) is 0 Å². The van der Waals surface area contributed by atoms with E-state index in [2.05, 4.69) is 0 Å². The Hall–Kier alpha value is 1.35. The van der Waals surface area contributed by atoms with E-state index in [1.807, 2.05) is 0 Å². The van der Waals surface area contributed by atoms with Crippen molar-refractivity contribution in [2.75, 3.05) is 0 Å². The molecular formula is HFeNaO5S. The summed E-state index contributed by atoms with van der Waals surface area (Å²) >= 11 is 0. The molecule has 8 heteroatoms. The SMILES string of the molecule is O=S(=O)([O-])[O-].[Fe+2].[Na+].[OH-]. The predicted octanol–water partition coefficient (Wildman–Crippen LogP) is -4.51. The fourth-order valence-electron chi connectivity index (χ4n) is 0. The van der Waals surface area contributed by atoms with Crippen molar-refractivity contribution in [1.29, 1.82) is 0 Å². The van der Waals surface area contributed by atoms with Gasteiger partial charge in [-0.25, -0.2) is 0 Å². The first-order chi connectivity index (χ1) is 2.00. The monoisotopic (exact) mass is 192 g/mol. The molecule has 0 aliphatic heterocycles. The van der Waals surface area contributed by atoms with Crippen molar-refractivity contribution in [1.82, 2.24) is 0 Å². The molecule has 0 aliphatic carbocycles. The van der Waals surface area contributed by atoms with E-state index < -0.39 is 10.4 Å². The molecule has 0 spiro atoms. The van der Waals surface area contributed by atoms with Gasteiger partial charge in [-0.05, 0) is 0 Å². The maximum absolute atomic E-state index is 8.52. The minimum absolute atomic E-state index is 0. The standard InChI is InChI=1S/Fe.Na.H2O4S.H2O/c;;1-5(2,3)4;/h;;(H2,1,2,3,4);1H2/q+2;+1;;/p-3. The summed E-state index contributed by atoms with van der Waals surface area (Å²) in [7, 11) is -5.17. The van der Waals surface area contributed by atoms with Crippen LogP contribution < -0.4 is 29.6 Å². The summed E-state index contributed by atoms with van der Waals surface area (Å²) < 4.78 is 34.1. The fraction of sp³-hybridized carbons (Fsp3) is 0. The molecule has 0 saturated carbocycles. The summed E-state index contributed by atoms with van der Waals surface area (Å²) in [6.07, 6.45) is 0. The van der Waals surface area contributed by atoms with E-state index in [-0.39, 0.29) is 52.1 Å². The second kappa shape index (κ2) is 8.35. The third-order valence-electron chi connectivity index (χ3n) is 0. The van der Waals surface area contributed by atoms with E-state index in [4.69, 9.17) is 17.5 Å². The largest absolute Gasteiger partial charge is 2.00 e. The Labute approximate surface area is 79.5 Å². The summed E-state index contributed by atoms with van der Waals surface area (Å²) in [4.78, 5) is 0. The minimum atomic E-state index is -5.17. The second-order valence-corrected chi connectivity index (χ2v) is 1.22. The van der Waals surface area contributed by atoms with Gasteiger partial charge in [0.1, 0.15) is 0 Å². The smallest absolute Gasteiger partial charge is 0.870 e.